The SMILES string of the molecule is O=c1cc(CN2CCCCC2CCO)c2c(ccc3ccccc32)o1. The zero-order valence-electron chi connectivity index (χ0n) is 14.3. The molecule has 0 spiro atoms. The molecule has 1 N–H and O–H groups in total. The Balaban J connectivity index is 1.82. The highest BCUT2D eigenvalue weighted by atomic mass is 16.4. The van der Waals surface area contributed by atoms with Crippen molar-refractivity contribution in [2.45, 2.75) is 38.3 Å². The molecule has 0 radical (unpaired) electrons. The van der Waals surface area contributed by atoms with E-state index < -0.39 is 0 Å². The van der Waals surface area contributed by atoms with Crippen molar-refractivity contribution in [1.29, 1.82) is 0 Å². The van der Waals surface area contributed by atoms with E-state index in [2.05, 4.69) is 17.0 Å². The van der Waals surface area contributed by atoms with Gasteiger partial charge in [0.2, 0.25) is 0 Å². The molecular weight excluding hydrogens is 314 g/mol. The summed E-state index contributed by atoms with van der Waals surface area (Å²) in [7, 11) is 0. The Morgan fingerprint density at radius 3 is 2.92 bits per heavy atom. The van der Waals surface area contributed by atoms with Crippen molar-refractivity contribution in [2.75, 3.05) is 13.2 Å². The zero-order valence-corrected chi connectivity index (χ0v) is 14.3. The maximum atomic E-state index is 12.1. The van der Waals surface area contributed by atoms with E-state index in [9.17, 15) is 9.90 Å². The first-order chi connectivity index (χ1) is 12.3. The van der Waals surface area contributed by atoms with Gasteiger partial charge in [0.25, 0.3) is 0 Å². The number of aliphatic hydroxyl groups excluding tert-OH is 1. The van der Waals surface area contributed by atoms with Gasteiger partial charge < -0.3 is 9.52 Å². The molecule has 1 unspecified atom stereocenters. The van der Waals surface area contributed by atoms with Crippen LogP contribution in [-0.2, 0) is 6.54 Å². The van der Waals surface area contributed by atoms with Crippen LogP contribution in [-0.4, -0.2) is 29.2 Å². The van der Waals surface area contributed by atoms with Crippen molar-refractivity contribution >= 4 is 21.7 Å². The first kappa shape index (κ1) is 16.3. The Morgan fingerprint density at radius 1 is 1.16 bits per heavy atom. The molecule has 130 valence electrons. The third kappa shape index (κ3) is 3.20. The lowest BCUT2D eigenvalue weighted by atomic mass is 9.97. The second kappa shape index (κ2) is 6.98. The predicted molar refractivity (Wildman–Crippen MR) is 99.7 cm³/mol. The minimum Gasteiger partial charge on any atom is -0.423 e. The lowest BCUT2D eigenvalue weighted by Gasteiger charge is -2.35. The van der Waals surface area contributed by atoms with Crippen LogP contribution in [0.1, 0.15) is 31.2 Å². The van der Waals surface area contributed by atoms with E-state index >= 15 is 0 Å². The van der Waals surface area contributed by atoms with Gasteiger partial charge in [-0.25, -0.2) is 4.79 Å². The molecule has 1 saturated heterocycles. The maximum Gasteiger partial charge on any atom is 0.336 e. The van der Waals surface area contributed by atoms with E-state index in [1.807, 2.05) is 24.3 Å². The molecule has 3 aromatic rings. The number of hydrogen-bond acceptors (Lipinski definition) is 4. The van der Waals surface area contributed by atoms with Crippen molar-refractivity contribution in [3.63, 3.8) is 0 Å². The number of fused-ring (bicyclic) bond motifs is 3. The van der Waals surface area contributed by atoms with Crippen LogP contribution in [0.15, 0.2) is 51.7 Å². The van der Waals surface area contributed by atoms with E-state index in [4.69, 9.17) is 4.42 Å². The van der Waals surface area contributed by atoms with Crippen molar-refractivity contribution < 1.29 is 9.52 Å². The van der Waals surface area contributed by atoms with Crippen LogP contribution in [0, 0.1) is 0 Å². The fraction of sp³-hybridized carbons (Fsp3) is 0.381. The fourth-order valence-corrected chi connectivity index (χ4v) is 4.11. The highest BCUT2D eigenvalue weighted by Gasteiger charge is 2.23. The molecule has 2 heterocycles. The lowest BCUT2D eigenvalue weighted by Crippen LogP contribution is -2.39. The topological polar surface area (TPSA) is 53.7 Å². The van der Waals surface area contributed by atoms with Gasteiger partial charge in [0.15, 0.2) is 0 Å². The van der Waals surface area contributed by atoms with Crippen molar-refractivity contribution in [3.8, 4) is 0 Å². The molecule has 1 fully saturated rings. The van der Waals surface area contributed by atoms with Gasteiger partial charge in [-0.15, -0.1) is 0 Å². The van der Waals surface area contributed by atoms with Gasteiger partial charge in [0, 0.05) is 30.6 Å². The minimum absolute atomic E-state index is 0.210. The lowest BCUT2D eigenvalue weighted by molar-refractivity contribution is 0.113. The van der Waals surface area contributed by atoms with Crippen LogP contribution in [0.4, 0.5) is 0 Å². The normalized spacial score (nSPS) is 18.8. The summed E-state index contributed by atoms with van der Waals surface area (Å²) in [5.41, 5.74) is 1.37. The average Bonchev–Trinajstić information content (AvgIpc) is 2.63. The quantitative estimate of drug-likeness (QED) is 0.583. The van der Waals surface area contributed by atoms with Gasteiger partial charge >= 0.3 is 5.63 Å². The summed E-state index contributed by atoms with van der Waals surface area (Å²) >= 11 is 0. The van der Waals surface area contributed by atoms with Gasteiger partial charge in [-0.05, 0) is 48.2 Å². The largest absolute Gasteiger partial charge is 0.423 e. The minimum atomic E-state index is -0.298. The van der Waals surface area contributed by atoms with Crippen molar-refractivity contribution in [2.24, 2.45) is 0 Å². The van der Waals surface area contributed by atoms with Crippen LogP contribution in [0.3, 0.4) is 0 Å². The Labute approximate surface area is 146 Å². The van der Waals surface area contributed by atoms with Crippen LogP contribution in [0.25, 0.3) is 21.7 Å². The highest BCUT2D eigenvalue weighted by Crippen LogP contribution is 2.30. The molecule has 4 rings (SSSR count). The molecule has 0 aliphatic carbocycles. The third-order valence-electron chi connectivity index (χ3n) is 5.30. The molecule has 0 bridgehead atoms. The number of hydrogen-bond donors (Lipinski definition) is 1. The van der Waals surface area contributed by atoms with Crippen LogP contribution in [0.5, 0.6) is 0 Å². The Kier molecular flexibility index (Phi) is 4.55. The van der Waals surface area contributed by atoms with Crippen LogP contribution < -0.4 is 5.63 Å². The molecule has 2 aromatic carbocycles. The second-order valence-electron chi connectivity index (χ2n) is 6.88. The van der Waals surface area contributed by atoms with Gasteiger partial charge in [-0.2, -0.15) is 0 Å². The molecule has 1 atom stereocenters. The zero-order chi connectivity index (χ0) is 17.2. The number of piperidine rings is 1. The van der Waals surface area contributed by atoms with Gasteiger partial charge in [-0.3, -0.25) is 4.90 Å². The van der Waals surface area contributed by atoms with Crippen molar-refractivity contribution in [3.05, 3.63) is 58.4 Å². The van der Waals surface area contributed by atoms with E-state index in [1.54, 1.807) is 6.07 Å². The predicted octanol–water partition coefficient (Wildman–Crippen LogP) is 3.68. The number of likely N-dealkylation sites (tertiary alicyclic amines) is 1. The summed E-state index contributed by atoms with van der Waals surface area (Å²) in [4.78, 5) is 14.5. The maximum absolute atomic E-state index is 12.1. The molecule has 4 heteroatoms. The highest BCUT2D eigenvalue weighted by molar-refractivity contribution is 6.07. The van der Waals surface area contributed by atoms with Crippen LogP contribution >= 0.6 is 0 Å². The van der Waals surface area contributed by atoms with E-state index in [1.165, 1.54) is 12.8 Å². The van der Waals surface area contributed by atoms with Crippen LogP contribution in [0.2, 0.25) is 0 Å². The Hall–Kier alpha value is -2.17. The summed E-state index contributed by atoms with van der Waals surface area (Å²) < 4.78 is 5.46. The number of rotatable bonds is 4. The summed E-state index contributed by atoms with van der Waals surface area (Å²) in [6.45, 7) is 1.94. The molecule has 0 saturated carbocycles. The molecule has 1 aliphatic heterocycles. The Bertz CT molecular complexity index is 945. The van der Waals surface area contributed by atoms with Gasteiger partial charge in [0.1, 0.15) is 5.58 Å². The first-order valence-corrected chi connectivity index (χ1v) is 9.05. The number of benzene rings is 2. The van der Waals surface area contributed by atoms with E-state index in [0.717, 1.165) is 47.7 Å². The molecule has 25 heavy (non-hydrogen) atoms. The summed E-state index contributed by atoms with van der Waals surface area (Å²) in [6, 6.07) is 14.1. The summed E-state index contributed by atoms with van der Waals surface area (Å²) in [6.07, 6.45) is 4.28. The van der Waals surface area contributed by atoms with Gasteiger partial charge in [0.05, 0.1) is 0 Å². The second-order valence-corrected chi connectivity index (χ2v) is 6.88. The molecular formula is C21H23NO3. The van der Waals surface area contributed by atoms with E-state index in [0.29, 0.717) is 11.6 Å². The van der Waals surface area contributed by atoms with E-state index in [-0.39, 0.29) is 12.2 Å². The number of nitrogens with zero attached hydrogens (tertiary/aromatic N) is 1. The average molecular weight is 337 g/mol. The standard InChI is InChI=1S/C21H23NO3/c23-12-10-17-6-3-4-11-22(17)14-16-13-20(24)25-19-9-8-15-5-1-2-7-18(15)21(16)19/h1-2,5,7-9,13,17,23H,3-4,6,10-12,14H2. The monoisotopic (exact) mass is 337 g/mol. The molecule has 1 aliphatic rings. The number of aliphatic hydroxyl groups is 1. The first-order valence-electron chi connectivity index (χ1n) is 9.05. The van der Waals surface area contributed by atoms with Crippen molar-refractivity contribution in [1.82, 2.24) is 4.90 Å². The third-order valence-corrected chi connectivity index (χ3v) is 5.30. The fourth-order valence-electron chi connectivity index (χ4n) is 4.11. The molecule has 0 amide bonds. The summed E-state index contributed by atoms with van der Waals surface area (Å²) in [5, 5.41) is 12.7. The molecule has 4 nitrogen and oxygen atoms in total. The Morgan fingerprint density at radius 2 is 2.04 bits per heavy atom. The summed E-state index contributed by atoms with van der Waals surface area (Å²) in [5.74, 6) is 0. The molecule has 1 aromatic heterocycles. The smallest absolute Gasteiger partial charge is 0.336 e. The van der Waals surface area contributed by atoms with Gasteiger partial charge in [-0.1, -0.05) is 36.8 Å².